The molecule has 1 amide bonds. The first-order valence-electron chi connectivity index (χ1n) is 6.79. The second-order valence-electron chi connectivity index (χ2n) is 5.41. The van der Waals surface area contributed by atoms with E-state index in [4.69, 9.17) is 10.9 Å². The molecule has 1 aliphatic heterocycles. The van der Waals surface area contributed by atoms with Crippen molar-refractivity contribution in [3.05, 3.63) is 11.4 Å². The van der Waals surface area contributed by atoms with Crippen LogP contribution in [0, 0.1) is 0 Å². The van der Waals surface area contributed by atoms with E-state index in [9.17, 15) is 13.2 Å². The number of nitrogens with zero attached hydrogens (tertiary/aromatic N) is 3. The first kappa shape index (κ1) is 14.3. The van der Waals surface area contributed by atoms with Crippen molar-refractivity contribution in [2.75, 3.05) is 31.9 Å². The van der Waals surface area contributed by atoms with E-state index in [0.29, 0.717) is 11.6 Å². The number of H-pyrrole nitrogens is 1. The lowest BCUT2D eigenvalue weighted by Crippen LogP contribution is -2.52. The standard InChI is InChI=1S/C11H18N6O3S/c12-8-9(7-1-2-7)14-15-10(8)11(18)16-3-5-17(6-4-16)21(13,19)20/h7H,1-6,12H2,(H,14,15)(H2,13,19,20). The third-order valence-electron chi connectivity index (χ3n) is 3.91. The Labute approximate surface area is 122 Å². The van der Waals surface area contributed by atoms with Crippen LogP contribution in [0.1, 0.15) is 34.9 Å². The van der Waals surface area contributed by atoms with Gasteiger partial charge in [-0.3, -0.25) is 9.89 Å². The zero-order chi connectivity index (χ0) is 15.2. The van der Waals surface area contributed by atoms with Crippen molar-refractivity contribution in [2.24, 2.45) is 5.14 Å². The molecule has 0 radical (unpaired) electrons. The van der Waals surface area contributed by atoms with Crippen molar-refractivity contribution in [3.8, 4) is 0 Å². The first-order valence-corrected chi connectivity index (χ1v) is 8.29. The van der Waals surface area contributed by atoms with Gasteiger partial charge in [-0.1, -0.05) is 0 Å². The average molecular weight is 314 g/mol. The molecule has 10 heteroatoms. The molecule has 1 saturated heterocycles. The minimum atomic E-state index is -3.70. The van der Waals surface area contributed by atoms with Crippen LogP contribution >= 0.6 is 0 Å². The highest BCUT2D eigenvalue weighted by Crippen LogP contribution is 2.42. The normalized spacial score (nSPS) is 20.7. The van der Waals surface area contributed by atoms with E-state index < -0.39 is 10.2 Å². The average Bonchev–Trinajstić information content (AvgIpc) is 3.21. The summed E-state index contributed by atoms with van der Waals surface area (Å²) in [6.07, 6.45) is 2.13. The van der Waals surface area contributed by atoms with Gasteiger partial charge >= 0.3 is 0 Å². The number of nitrogen functional groups attached to an aromatic ring is 1. The Morgan fingerprint density at radius 2 is 1.86 bits per heavy atom. The van der Waals surface area contributed by atoms with E-state index in [1.54, 1.807) is 4.90 Å². The highest BCUT2D eigenvalue weighted by molar-refractivity contribution is 7.86. The van der Waals surface area contributed by atoms with Crippen LogP contribution in [-0.2, 0) is 10.2 Å². The Morgan fingerprint density at radius 3 is 2.38 bits per heavy atom. The summed E-state index contributed by atoms with van der Waals surface area (Å²) in [6, 6.07) is 0. The van der Waals surface area contributed by atoms with Crippen LogP contribution in [-0.4, -0.2) is 59.9 Å². The number of rotatable bonds is 3. The van der Waals surface area contributed by atoms with Crippen LogP contribution in [0.4, 0.5) is 5.69 Å². The van der Waals surface area contributed by atoms with Gasteiger partial charge in [-0.15, -0.1) is 0 Å². The zero-order valence-electron chi connectivity index (χ0n) is 11.4. The molecule has 0 atom stereocenters. The maximum absolute atomic E-state index is 12.4. The number of aromatic amines is 1. The van der Waals surface area contributed by atoms with Gasteiger partial charge in [0.25, 0.3) is 16.1 Å². The number of nitrogens with one attached hydrogen (secondary N) is 1. The fraction of sp³-hybridized carbons (Fsp3) is 0.636. The summed E-state index contributed by atoms with van der Waals surface area (Å²) in [5.74, 6) is 0.114. The van der Waals surface area contributed by atoms with Gasteiger partial charge in [0.05, 0.1) is 11.4 Å². The number of aromatic nitrogens is 2. The molecular weight excluding hydrogens is 296 g/mol. The van der Waals surface area contributed by atoms with Crippen LogP contribution in [0.3, 0.4) is 0 Å². The van der Waals surface area contributed by atoms with Crippen molar-refractivity contribution in [1.82, 2.24) is 19.4 Å². The molecule has 21 heavy (non-hydrogen) atoms. The molecule has 1 aromatic heterocycles. The molecule has 9 nitrogen and oxygen atoms in total. The van der Waals surface area contributed by atoms with Crippen molar-refractivity contribution in [3.63, 3.8) is 0 Å². The number of hydrogen-bond acceptors (Lipinski definition) is 5. The Bertz CT molecular complexity index is 657. The van der Waals surface area contributed by atoms with Crippen LogP contribution in [0.2, 0.25) is 0 Å². The lowest BCUT2D eigenvalue weighted by molar-refractivity contribution is 0.0693. The smallest absolute Gasteiger partial charge is 0.277 e. The molecule has 2 fully saturated rings. The van der Waals surface area contributed by atoms with E-state index in [-0.39, 0.29) is 37.8 Å². The highest BCUT2D eigenvalue weighted by Gasteiger charge is 2.33. The number of nitrogens with two attached hydrogens (primary N) is 2. The van der Waals surface area contributed by atoms with Gasteiger partial charge in [0, 0.05) is 32.1 Å². The Balaban J connectivity index is 1.69. The van der Waals surface area contributed by atoms with Gasteiger partial charge in [0.15, 0.2) is 5.69 Å². The second kappa shape index (κ2) is 4.97. The number of anilines is 1. The van der Waals surface area contributed by atoms with Crippen LogP contribution in [0.5, 0.6) is 0 Å². The number of hydrogen-bond donors (Lipinski definition) is 3. The van der Waals surface area contributed by atoms with Crippen molar-refractivity contribution in [2.45, 2.75) is 18.8 Å². The third kappa shape index (κ3) is 2.74. The minimum Gasteiger partial charge on any atom is -0.395 e. The predicted molar refractivity (Wildman–Crippen MR) is 75.6 cm³/mol. The van der Waals surface area contributed by atoms with Crippen LogP contribution < -0.4 is 10.9 Å². The summed E-state index contributed by atoms with van der Waals surface area (Å²) in [5.41, 5.74) is 7.45. The van der Waals surface area contributed by atoms with Gasteiger partial charge in [0.1, 0.15) is 0 Å². The van der Waals surface area contributed by atoms with E-state index >= 15 is 0 Å². The topological polar surface area (TPSA) is 138 Å². The van der Waals surface area contributed by atoms with Gasteiger partial charge in [-0.05, 0) is 12.8 Å². The molecule has 116 valence electrons. The monoisotopic (exact) mass is 314 g/mol. The highest BCUT2D eigenvalue weighted by atomic mass is 32.2. The molecule has 2 aliphatic rings. The number of carbonyl (C=O) groups is 1. The van der Waals surface area contributed by atoms with E-state index in [1.807, 2.05) is 0 Å². The van der Waals surface area contributed by atoms with Crippen molar-refractivity contribution < 1.29 is 13.2 Å². The van der Waals surface area contributed by atoms with E-state index in [2.05, 4.69) is 10.2 Å². The van der Waals surface area contributed by atoms with Crippen LogP contribution in [0.15, 0.2) is 0 Å². The maximum atomic E-state index is 12.4. The van der Waals surface area contributed by atoms with Crippen LogP contribution in [0.25, 0.3) is 0 Å². The Hall–Kier alpha value is -1.65. The summed E-state index contributed by atoms with van der Waals surface area (Å²) in [6.45, 7) is 0.926. The molecule has 1 aromatic rings. The maximum Gasteiger partial charge on any atom is 0.277 e. The number of piperazine rings is 1. The number of amides is 1. The molecule has 0 bridgehead atoms. The summed E-state index contributed by atoms with van der Waals surface area (Å²) < 4.78 is 23.6. The molecule has 0 spiro atoms. The molecule has 1 saturated carbocycles. The molecule has 1 aliphatic carbocycles. The predicted octanol–water partition coefficient (Wildman–Crippen LogP) is -1.17. The zero-order valence-corrected chi connectivity index (χ0v) is 12.3. The van der Waals surface area contributed by atoms with E-state index in [0.717, 1.165) is 22.8 Å². The quantitative estimate of drug-likeness (QED) is 0.645. The van der Waals surface area contributed by atoms with Gasteiger partial charge in [0.2, 0.25) is 0 Å². The summed E-state index contributed by atoms with van der Waals surface area (Å²) >= 11 is 0. The summed E-state index contributed by atoms with van der Waals surface area (Å²) in [5, 5.41) is 11.9. The number of carbonyl (C=O) groups excluding carboxylic acids is 1. The minimum absolute atomic E-state index is 0.185. The lowest BCUT2D eigenvalue weighted by atomic mass is 10.2. The largest absolute Gasteiger partial charge is 0.395 e. The van der Waals surface area contributed by atoms with E-state index in [1.165, 1.54) is 0 Å². The fourth-order valence-electron chi connectivity index (χ4n) is 2.51. The molecule has 3 rings (SSSR count). The molecule has 0 aromatic carbocycles. The molecular formula is C11H18N6O3S. The van der Waals surface area contributed by atoms with Gasteiger partial charge < -0.3 is 10.6 Å². The van der Waals surface area contributed by atoms with Gasteiger partial charge in [-0.25, -0.2) is 5.14 Å². The summed E-state index contributed by atoms with van der Waals surface area (Å²) in [7, 11) is -3.70. The van der Waals surface area contributed by atoms with Crippen molar-refractivity contribution >= 4 is 21.8 Å². The Kier molecular flexibility index (Phi) is 3.38. The molecule has 0 unspecified atom stereocenters. The third-order valence-corrected chi connectivity index (χ3v) is 4.99. The lowest BCUT2D eigenvalue weighted by Gasteiger charge is -2.32. The SMILES string of the molecule is Nc1c(C(=O)N2CCN(S(N)(=O)=O)CC2)n[nH]c1C1CC1. The first-order chi connectivity index (χ1) is 9.88. The molecule has 2 heterocycles. The van der Waals surface area contributed by atoms with Crippen molar-refractivity contribution in [1.29, 1.82) is 0 Å². The summed E-state index contributed by atoms with van der Waals surface area (Å²) in [4.78, 5) is 13.9. The van der Waals surface area contributed by atoms with Gasteiger partial charge in [-0.2, -0.15) is 17.8 Å². The fourth-order valence-corrected chi connectivity index (χ4v) is 3.18. The second-order valence-corrected chi connectivity index (χ2v) is 6.96. The molecule has 5 N–H and O–H groups in total. The Morgan fingerprint density at radius 1 is 1.24 bits per heavy atom.